The summed E-state index contributed by atoms with van der Waals surface area (Å²) >= 11 is 0. The Hall–Kier alpha value is -3.81. The van der Waals surface area contributed by atoms with Gasteiger partial charge in [-0.3, -0.25) is 4.79 Å². The summed E-state index contributed by atoms with van der Waals surface area (Å²) in [4.78, 5) is 22.7. The number of hydrogen-bond donors (Lipinski definition) is 1. The number of anilines is 1. The first-order valence-electron chi connectivity index (χ1n) is 8.33. The molecule has 0 fully saturated rings. The maximum absolute atomic E-state index is 11.2. The van der Waals surface area contributed by atoms with E-state index < -0.39 is 0 Å². The lowest BCUT2D eigenvalue weighted by Crippen LogP contribution is -2.15. The van der Waals surface area contributed by atoms with E-state index in [9.17, 15) is 4.79 Å². The van der Waals surface area contributed by atoms with Gasteiger partial charge in [0, 0.05) is 23.6 Å². The van der Waals surface area contributed by atoms with Crippen LogP contribution in [0.3, 0.4) is 0 Å². The highest BCUT2D eigenvalue weighted by atomic mass is 16.7. The van der Waals surface area contributed by atoms with Gasteiger partial charge in [0.05, 0.1) is 11.2 Å². The van der Waals surface area contributed by atoms with Gasteiger partial charge in [0.1, 0.15) is 0 Å². The number of tetrazole rings is 1. The van der Waals surface area contributed by atoms with Gasteiger partial charge >= 0.3 is 0 Å². The molecule has 4 rings (SSSR count). The van der Waals surface area contributed by atoms with Crippen molar-refractivity contribution in [1.82, 2.24) is 25.4 Å². The summed E-state index contributed by atoms with van der Waals surface area (Å²) < 4.78 is 0. The largest absolute Gasteiger partial charge is 0.387 e. The van der Waals surface area contributed by atoms with E-state index in [0.29, 0.717) is 5.82 Å². The van der Waals surface area contributed by atoms with Gasteiger partial charge in [-0.15, -0.1) is 5.10 Å². The second kappa shape index (κ2) is 7.20. The second-order valence-corrected chi connectivity index (χ2v) is 5.91. The Balaban J connectivity index is 1.51. The average Bonchev–Trinajstić information content (AvgIpc) is 3.15. The summed E-state index contributed by atoms with van der Waals surface area (Å²) in [6.45, 7) is 1.69. The summed E-state index contributed by atoms with van der Waals surface area (Å²) in [5.41, 5.74) is 3.15. The highest BCUT2D eigenvalue weighted by Crippen LogP contribution is 2.19. The van der Waals surface area contributed by atoms with Crippen LogP contribution in [0.1, 0.15) is 12.6 Å². The number of nitrogens with one attached hydrogen (secondary N) is 1. The van der Waals surface area contributed by atoms with E-state index in [1.165, 1.54) is 11.8 Å². The zero-order chi connectivity index (χ0) is 18.6. The fourth-order valence-corrected chi connectivity index (χ4v) is 2.68. The summed E-state index contributed by atoms with van der Waals surface area (Å²) in [7, 11) is 0. The van der Waals surface area contributed by atoms with Gasteiger partial charge in [-0.25, -0.2) is 4.98 Å². The molecule has 2 aromatic carbocycles. The molecule has 0 saturated carbocycles. The van der Waals surface area contributed by atoms with Crippen LogP contribution in [0.5, 0.6) is 0 Å². The van der Waals surface area contributed by atoms with Crippen LogP contribution in [0.4, 0.5) is 5.69 Å². The quantitative estimate of drug-likeness (QED) is 0.587. The monoisotopic (exact) mass is 360 g/mol. The number of nitrogens with zero attached hydrogens (tertiary/aromatic N) is 5. The van der Waals surface area contributed by atoms with Crippen molar-refractivity contribution in [3.8, 4) is 11.4 Å². The lowest BCUT2D eigenvalue weighted by atomic mass is 10.2. The Bertz CT molecular complexity index is 1090. The van der Waals surface area contributed by atoms with Gasteiger partial charge < -0.3 is 10.2 Å². The molecule has 8 heteroatoms. The van der Waals surface area contributed by atoms with E-state index in [1.807, 2.05) is 60.7 Å². The van der Waals surface area contributed by atoms with Gasteiger partial charge in [0.15, 0.2) is 6.61 Å². The summed E-state index contributed by atoms with van der Waals surface area (Å²) in [5, 5.41) is 15.2. The van der Waals surface area contributed by atoms with Crippen LogP contribution in [0.25, 0.3) is 22.3 Å². The van der Waals surface area contributed by atoms with Gasteiger partial charge in [-0.2, -0.15) is 0 Å². The van der Waals surface area contributed by atoms with Crippen LogP contribution >= 0.6 is 0 Å². The van der Waals surface area contributed by atoms with E-state index in [1.54, 1.807) is 0 Å². The predicted octanol–water partition coefficient (Wildman–Crippen LogP) is 2.48. The number of pyridine rings is 1. The summed E-state index contributed by atoms with van der Waals surface area (Å²) in [6, 6.07) is 18.9. The van der Waals surface area contributed by atoms with Crippen LogP contribution in [-0.2, 0) is 11.4 Å². The van der Waals surface area contributed by atoms with E-state index in [2.05, 4.69) is 25.8 Å². The summed E-state index contributed by atoms with van der Waals surface area (Å²) in [5.74, 6) is 0.416. The number of aromatic nitrogens is 5. The first-order chi connectivity index (χ1) is 13.2. The molecular weight excluding hydrogens is 344 g/mol. The van der Waals surface area contributed by atoms with Gasteiger partial charge in [-0.1, -0.05) is 41.2 Å². The number of carbonyl (C=O) groups is 1. The molecule has 0 radical (unpaired) electrons. The van der Waals surface area contributed by atoms with Crippen molar-refractivity contribution in [2.75, 3.05) is 5.32 Å². The van der Waals surface area contributed by atoms with Crippen molar-refractivity contribution in [2.24, 2.45) is 0 Å². The van der Waals surface area contributed by atoms with Crippen molar-refractivity contribution in [3.05, 3.63) is 66.4 Å². The molecule has 0 saturated heterocycles. The number of rotatable bonds is 5. The Labute approximate surface area is 154 Å². The van der Waals surface area contributed by atoms with Crippen LogP contribution in [0.2, 0.25) is 0 Å². The highest BCUT2D eigenvalue weighted by Gasteiger charge is 2.10. The lowest BCUT2D eigenvalue weighted by molar-refractivity contribution is -0.114. The molecule has 0 unspecified atom stereocenters. The highest BCUT2D eigenvalue weighted by molar-refractivity contribution is 5.92. The molecule has 0 bridgehead atoms. The fraction of sp³-hybridized carbons (Fsp3) is 0.105. The zero-order valence-corrected chi connectivity index (χ0v) is 14.5. The number of hydrogen-bond acceptors (Lipinski definition) is 6. The van der Waals surface area contributed by atoms with Crippen LogP contribution in [0, 0.1) is 0 Å². The normalized spacial score (nSPS) is 10.7. The molecule has 27 heavy (non-hydrogen) atoms. The standard InChI is InChI=1S/C19H16N6O2/c1-13(26)20-16-9-10-18-15(11-16)7-8-17(21-18)12-27-25-19(22-23-24-25)14-5-3-2-4-6-14/h2-11H,12H2,1H3,(H,20,26). The Morgan fingerprint density at radius 1 is 1.11 bits per heavy atom. The van der Waals surface area contributed by atoms with Gasteiger partial charge in [0.2, 0.25) is 11.7 Å². The van der Waals surface area contributed by atoms with E-state index >= 15 is 0 Å². The number of benzene rings is 2. The van der Waals surface area contributed by atoms with Crippen molar-refractivity contribution < 1.29 is 9.63 Å². The Kier molecular flexibility index (Phi) is 4.44. The van der Waals surface area contributed by atoms with Crippen molar-refractivity contribution in [3.63, 3.8) is 0 Å². The van der Waals surface area contributed by atoms with Crippen LogP contribution in [0.15, 0.2) is 60.7 Å². The maximum atomic E-state index is 11.2. The molecule has 0 spiro atoms. The molecule has 2 aromatic heterocycles. The maximum Gasteiger partial charge on any atom is 0.222 e. The Morgan fingerprint density at radius 2 is 1.96 bits per heavy atom. The molecule has 0 aliphatic heterocycles. The molecule has 2 heterocycles. The molecule has 0 aliphatic rings. The van der Waals surface area contributed by atoms with E-state index in [0.717, 1.165) is 27.8 Å². The SMILES string of the molecule is CC(=O)Nc1ccc2nc(COn3nnnc3-c3ccccc3)ccc2c1. The number of amides is 1. The van der Waals surface area contributed by atoms with Crippen LogP contribution < -0.4 is 10.2 Å². The van der Waals surface area contributed by atoms with Crippen molar-refractivity contribution >= 4 is 22.5 Å². The zero-order valence-electron chi connectivity index (χ0n) is 14.5. The van der Waals surface area contributed by atoms with Crippen molar-refractivity contribution in [1.29, 1.82) is 0 Å². The third kappa shape index (κ3) is 3.74. The Morgan fingerprint density at radius 3 is 2.78 bits per heavy atom. The average molecular weight is 360 g/mol. The van der Waals surface area contributed by atoms with Crippen LogP contribution in [-0.4, -0.2) is 31.3 Å². The molecular formula is C19H16N6O2. The van der Waals surface area contributed by atoms with Crippen molar-refractivity contribution in [2.45, 2.75) is 13.5 Å². The van der Waals surface area contributed by atoms with Gasteiger partial charge in [-0.05, 0) is 34.7 Å². The molecule has 1 amide bonds. The van der Waals surface area contributed by atoms with E-state index in [-0.39, 0.29) is 12.5 Å². The lowest BCUT2D eigenvalue weighted by Gasteiger charge is -2.08. The molecule has 4 aromatic rings. The number of fused-ring (bicyclic) bond motifs is 1. The minimum absolute atomic E-state index is 0.108. The summed E-state index contributed by atoms with van der Waals surface area (Å²) in [6.07, 6.45) is 0. The van der Waals surface area contributed by atoms with E-state index in [4.69, 9.17) is 4.84 Å². The third-order valence-corrected chi connectivity index (χ3v) is 3.88. The fourth-order valence-electron chi connectivity index (χ4n) is 2.68. The smallest absolute Gasteiger partial charge is 0.222 e. The second-order valence-electron chi connectivity index (χ2n) is 5.91. The first kappa shape index (κ1) is 16.6. The number of carbonyl (C=O) groups excluding carboxylic acids is 1. The molecule has 8 nitrogen and oxygen atoms in total. The minimum Gasteiger partial charge on any atom is -0.387 e. The first-order valence-corrected chi connectivity index (χ1v) is 8.33. The molecule has 134 valence electrons. The molecule has 1 N–H and O–H groups in total. The minimum atomic E-state index is -0.108. The topological polar surface area (TPSA) is 94.8 Å². The van der Waals surface area contributed by atoms with Gasteiger partial charge in [0.25, 0.3) is 0 Å². The predicted molar refractivity (Wildman–Crippen MR) is 99.6 cm³/mol. The molecule has 0 aliphatic carbocycles. The molecule has 0 atom stereocenters. The third-order valence-electron chi connectivity index (χ3n) is 3.88.